The summed E-state index contributed by atoms with van der Waals surface area (Å²) in [5, 5.41) is 12.3. The van der Waals surface area contributed by atoms with Gasteiger partial charge in [-0.2, -0.15) is 5.26 Å². The van der Waals surface area contributed by atoms with Crippen molar-refractivity contribution in [2.24, 2.45) is 0 Å². The number of likely N-dealkylation sites (N-methyl/N-ethyl adjacent to an activating group) is 1. The fourth-order valence-corrected chi connectivity index (χ4v) is 2.23. The van der Waals surface area contributed by atoms with Crippen LogP contribution in [0, 0.1) is 11.3 Å². The summed E-state index contributed by atoms with van der Waals surface area (Å²) >= 11 is 0. The maximum atomic E-state index is 8.87. The second-order valence-electron chi connectivity index (χ2n) is 5.21. The van der Waals surface area contributed by atoms with Crippen LogP contribution in [-0.2, 0) is 13.1 Å². The number of nitrogens with zero attached hydrogens (tertiary/aromatic N) is 2. The molecule has 108 valence electrons. The van der Waals surface area contributed by atoms with Gasteiger partial charge in [0.2, 0.25) is 0 Å². The van der Waals surface area contributed by atoms with Crippen LogP contribution in [0.4, 0.5) is 0 Å². The third kappa shape index (κ3) is 5.39. The molecule has 21 heavy (non-hydrogen) atoms. The van der Waals surface area contributed by atoms with Crippen molar-refractivity contribution in [2.45, 2.75) is 13.1 Å². The molecule has 0 bridgehead atoms. The molecule has 2 rings (SSSR count). The molecular formula is C18H21N3. The van der Waals surface area contributed by atoms with E-state index < -0.39 is 0 Å². The Morgan fingerprint density at radius 2 is 1.81 bits per heavy atom. The predicted molar refractivity (Wildman–Crippen MR) is 85.6 cm³/mol. The highest BCUT2D eigenvalue weighted by atomic mass is 15.1. The largest absolute Gasteiger partial charge is 0.311 e. The minimum atomic E-state index is 0.718. The topological polar surface area (TPSA) is 39.1 Å². The molecule has 0 amide bonds. The van der Waals surface area contributed by atoms with Gasteiger partial charge in [-0.3, -0.25) is 0 Å². The third-order valence-corrected chi connectivity index (χ3v) is 3.35. The Bertz CT molecular complexity index is 587. The van der Waals surface area contributed by atoms with Crippen molar-refractivity contribution in [2.75, 3.05) is 20.1 Å². The fourth-order valence-electron chi connectivity index (χ4n) is 2.23. The summed E-state index contributed by atoms with van der Waals surface area (Å²) < 4.78 is 0. The highest BCUT2D eigenvalue weighted by molar-refractivity contribution is 5.32. The molecule has 0 radical (unpaired) electrons. The van der Waals surface area contributed by atoms with Crippen LogP contribution in [0.1, 0.15) is 16.7 Å². The van der Waals surface area contributed by atoms with E-state index in [-0.39, 0.29) is 0 Å². The Morgan fingerprint density at radius 1 is 1.05 bits per heavy atom. The first kappa shape index (κ1) is 15.2. The quantitative estimate of drug-likeness (QED) is 0.792. The molecule has 0 atom stereocenters. The van der Waals surface area contributed by atoms with Gasteiger partial charge in [-0.25, -0.2) is 0 Å². The van der Waals surface area contributed by atoms with E-state index in [9.17, 15) is 0 Å². The maximum Gasteiger partial charge on any atom is 0.0991 e. The molecule has 0 saturated heterocycles. The first-order chi connectivity index (χ1) is 10.3. The van der Waals surface area contributed by atoms with Crippen molar-refractivity contribution in [1.82, 2.24) is 10.2 Å². The van der Waals surface area contributed by atoms with E-state index in [0.717, 1.165) is 37.3 Å². The molecule has 3 nitrogen and oxygen atoms in total. The number of benzene rings is 2. The Kier molecular flexibility index (Phi) is 5.96. The van der Waals surface area contributed by atoms with Gasteiger partial charge >= 0.3 is 0 Å². The highest BCUT2D eigenvalue weighted by Crippen LogP contribution is 2.04. The van der Waals surface area contributed by atoms with Gasteiger partial charge in [-0.05, 0) is 30.3 Å². The second kappa shape index (κ2) is 8.21. The molecule has 0 heterocycles. The lowest BCUT2D eigenvalue weighted by atomic mass is 10.1. The molecule has 2 aromatic carbocycles. The zero-order valence-corrected chi connectivity index (χ0v) is 12.4. The summed E-state index contributed by atoms with van der Waals surface area (Å²) in [6, 6.07) is 20.4. The molecule has 1 N–H and O–H groups in total. The standard InChI is InChI=1S/C18H21N3/c1-21(15-16-6-3-2-4-7-16)11-10-20-14-18-9-5-8-17(12-18)13-19/h2-9,12,20H,10-11,14-15H2,1H3. The number of hydrogen-bond acceptors (Lipinski definition) is 3. The number of hydrogen-bond donors (Lipinski definition) is 1. The molecule has 0 spiro atoms. The Balaban J connectivity index is 1.68. The SMILES string of the molecule is CN(CCNCc1cccc(C#N)c1)Cc1ccccc1. The van der Waals surface area contributed by atoms with E-state index >= 15 is 0 Å². The lowest BCUT2D eigenvalue weighted by Gasteiger charge is -2.17. The molecule has 0 aliphatic heterocycles. The van der Waals surface area contributed by atoms with E-state index in [1.54, 1.807) is 0 Å². The molecular weight excluding hydrogens is 258 g/mol. The van der Waals surface area contributed by atoms with Crippen molar-refractivity contribution >= 4 is 0 Å². The summed E-state index contributed by atoms with van der Waals surface area (Å²) in [7, 11) is 2.13. The van der Waals surface area contributed by atoms with Crippen molar-refractivity contribution in [3.63, 3.8) is 0 Å². The Labute approximate surface area is 126 Å². The normalized spacial score (nSPS) is 10.5. The smallest absolute Gasteiger partial charge is 0.0991 e. The van der Waals surface area contributed by atoms with Crippen LogP contribution >= 0.6 is 0 Å². The van der Waals surface area contributed by atoms with Gasteiger partial charge < -0.3 is 10.2 Å². The molecule has 3 heteroatoms. The van der Waals surface area contributed by atoms with Crippen molar-refractivity contribution in [3.05, 3.63) is 71.3 Å². The van der Waals surface area contributed by atoms with Gasteiger partial charge in [-0.1, -0.05) is 42.5 Å². The lowest BCUT2D eigenvalue weighted by molar-refractivity contribution is 0.324. The van der Waals surface area contributed by atoms with Gasteiger partial charge in [0, 0.05) is 26.2 Å². The van der Waals surface area contributed by atoms with E-state index in [1.807, 2.05) is 30.3 Å². The first-order valence-electron chi connectivity index (χ1n) is 7.20. The average molecular weight is 279 g/mol. The molecule has 0 aliphatic rings. The van der Waals surface area contributed by atoms with Gasteiger partial charge in [0.25, 0.3) is 0 Å². The van der Waals surface area contributed by atoms with Gasteiger partial charge in [0.1, 0.15) is 0 Å². The van der Waals surface area contributed by atoms with Crippen LogP contribution in [-0.4, -0.2) is 25.0 Å². The molecule has 2 aromatic rings. The first-order valence-corrected chi connectivity index (χ1v) is 7.20. The number of rotatable bonds is 7. The lowest BCUT2D eigenvalue weighted by Crippen LogP contribution is -2.28. The van der Waals surface area contributed by atoms with Crippen LogP contribution in [0.5, 0.6) is 0 Å². The summed E-state index contributed by atoms with van der Waals surface area (Å²) in [5.41, 5.74) is 3.21. The van der Waals surface area contributed by atoms with Gasteiger partial charge in [-0.15, -0.1) is 0 Å². The minimum Gasteiger partial charge on any atom is -0.311 e. The summed E-state index contributed by atoms with van der Waals surface area (Å²) in [4.78, 5) is 2.30. The molecule has 0 fully saturated rings. The number of nitriles is 1. The average Bonchev–Trinajstić information content (AvgIpc) is 2.53. The summed E-state index contributed by atoms with van der Waals surface area (Å²) in [6.45, 7) is 3.69. The van der Waals surface area contributed by atoms with E-state index in [1.165, 1.54) is 5.56 Å². The van der Waals surface area contributed by atoms with Crippen molar-refractivity contribution in [1.29, 1.82) is 5.26 Å². The monoisotopic (exact) mass is 279 g/mol. The van der Waals surface area contributed by atoms with Crippen LogP contribution in [0.25, 0.3) is 0 Å². The van der Waals surface area contributed by atoms with Crippen LogP contribution in [0.2, 0.25) is 0 Å². The number of nitrogens with one attached hydrogen (secondary N) is 1. The zero-order chi connectivity index (χ0) is 14.9. The highest BCUT2D eigenvalue weighted by Gasteiger charge is 2.00. The maximum absolute atomic E-state index is 8.87. The second-order valence-corrected chi connectivity index (χ2v) is 5.21. The molecule has 0 aliphatic carbocycles. The van der Waals surface area contributed by atoms with E-state index in [2.05, 4.69) is 47.6 Å². The Hall–Kier alpha value is -2.15. The molecule has 0 unspecified atom stereocenters. The van der Waals surface area contributed by atoms with Crippen LogP contribution in [0.3, 0.4) is 0 Å². The molecule has 0 saturated carbocycles. The van der Waals surface area contributed by atoms with Crippen molar-refractivity contribution in [3.8, 4) is 6.07 Å². The van der Waals surface area contributed by atoms with Crippen LogP contribution < -0.4 is 5.32 Å². The fraction of sp³-hybridized carbons (Fsp3) is 0.278. The van der Waals surface area contributed by atoms with E-state index in [0.29, 0.717) is 0 Å². The minimum absolute atomic E-state index is 0.718. The van der Waals surface area contributed by atoms with Gasteiger partial charge in [0.05, 0.1) is 11.6 Å². The summed E-state index contributed by atoms with van der Waals surface area (Å²) in [5.74, 6) is 0. The van der Waals surface area contributed by atoms with Crippen LogP contribution in [0.15, 0.2) is 54.6 Å². The van der Waals surface area contributed by atoms with Gasteiger partial charge in [0.15, 0.2) is 0 Å². The zero-order valence-electron chi connectivity index (χ0n) is 12.4. The summed E-state index contributed by atoms with van der Waals surface area (Å²) in [6.07, 6.45) is 0. The van der Waals surface area contributed by atoms with E-state index in [4.69, 9.17) is 5.26 Å². The Morgan fingerprint density at radius 3 is 2.57 bits per heavy atom. The molecule has 0 aromatic heterocycles. The predicted octanol–water partition coefficient (Wildman–Crippen LogP) is 2.78. The van der Waals surface area contributed by atoms with Crippen molar-refractivity contribution < 1.29 is 0 Å². The third-order valence-electron chi connectivity index (χ3n) is 3.35.